The average molecular weight is 463 g/mol. The van der Waals surface area contributed by atoms with Gasteiger partial charge in [0, 0.05) is 24.7 Å². The van der Waals surface area contributed by atoms with E-state index in [1.807, 2.05) is 31.2 Å². The molecule has 0 atom stereocenters. The molecule has 4 rings (SSSR count). The Morgan fingerprint density at radius 3 is 2.48 bits per heavy atom. The first-order valence-corrected chi connectivity index (χ1v) is 11.5. The summed E-state index contributed by atoms with van der Waals surface area (Å²) in [6.45, 7) is 2.94. The monoisotopic (exact) mass is 462 g/mol. The molecule has 2 aromatic carbocycles. The highest BCUT2D eigenvalue weighted by Gasteiger charge is 2.29. The second kappa shape index (κ2) is 8.75. The Kier molecular flexibility index (Phi) is 6.05. The smallest absolute Gasteiger partial charge is 0.284 e. The molecule has 3 aromatic rings. The fourth-order valence-corrected chi connectivity index (χ4v) is 5.17. The number of nitro groups is 1. The highest BCUT2D eigenvalue weighted by atomic mass is 32.2. The number of sulfonamides is 1. The maximum Gasteiger partial charge on any atom is 0.284 e. The van der Waals surface area contributed by atoms with Crippen molar-refractivity contribution in [3.8, 4) is 11.5 Å². The van der Waals surface area contributed by atoms with E-state index in [-0.39, 0.29) is 52.9 Å². The van der Waals surface area contributed by atoms with Crippen LogP contribution in [-0.2, 0) is 14.8 Å². The normalized spacial score (nSPS) is 15.1. The topological polar surface area (TPSA) is 129 Å². The van der Waals surface area contributed by atoms with Crippen LogP contribution in [0.2, 0.25) is 0 Å². The van der Waals surface area contributed by atoms with Gasteiger partial charge in [-0.2, -0.15) is 4.31 Å². The van der Waals surface area contributed by atoms with E-state index in [2.05, 4.69) is 10.2 Å². The van der Waals surface area contributed by atoms with E-state index in [9.17, 15) is 18.5 Å². The molecule has 0 spiro atoms. The molecule has 162 valence electrons. The summed E-state index contributed by atoms with van der Waals surface area (Å²) in [4.78, 5) is 11.1. The maximum atomic E-state index is 12.8. The average Bonchev–Trinajstić information content (AvgIpc) is 3.23. The lowest BCUT2D eigenvalue weighted by molar-refractivity contribution is -0.388. The molecule has 0 unspecified atom stereocenters. The third kappa shape index (κ3) is 4.61. The number of nitrogens with zero attached hydrogens (tertiary/aromatic N) is 4. The van der Waals surface area contributed by atoms with Gasteiger partial charge in [0.25, 0.3) is 10.9 Å². The molecule has 31 heavy (non-hydrogen) atoms. The SMILES string of the molecule is Cc1ccc(-c2nnc(Sc3ccc(S(=O)(=O)N4CCOCC4)cc3[N+](=O)[O-])o2)cc1. The highest BCUT2D eigenvalue weighted by molar-refractivity contribution is 7.99. The Labute approximate surface area is 182 Å². The fourth-order valence-electron chi connectivity index (χ4n) is 2.98. The first-order chi connectivity index (χ1) is 14.8. The minimum atomic E-state index is -3.85. The number of hydrogen-bond donors (Lipinski definition) is 0. The summed E-state index contributed by atoms with van der Waals surface area (Å²) >= 11 is 0.906. The van der Waals surface area contributed by atoms with Gasteiger partial charge in [-0.25, -0.2) is 8.42 Å². The summed E-state index contributed by atoms with van der Waals surface area (Å²) < 4.78 is 37.7. The van der Waals surface area contributed by atoms with Crippen molar-refractivity contribution in [2.45, 2.75) is 21.9 Å². The van der Waals surface area contributed by atoms with Crippen LogP contribution in [0.25, 0.3) is 11.5 Å². The largest absolute Gasteiger partial charge is 0.411 e. The predicted octanol–water partition coefficient (Wildman–Crippen LogP) is 3.13. The van der Waals surface area contributed by atoms with Crippen molar-refractivity contribution in [1.29, 1.82) is 0 Å². The number of hydrogen-bond acceptors (Lipinski definition) is 9. The maximum absolute atomic E-state index is 12.8. The van der Waals surface area contributed by atoms with Crippen molar-refractivity contribution in [3.05, 3.63) is 58.1 Å². The molecular weight excluding hydrogens is 444 g/mol. The lowest BCUT2D eigenvalue weighted by Gasteiger charge is -2.26. The van der Waals surface area contributed by atoms with E-state index in [0.717, 1.165) is 29.0 Å². The summed E-state index contributed by atoms with van der Waals surface area (Å²) in [7, 11) is -3.85. The lowest BCUT2D eigenvalue weighted by atomic mass is 10.1. The van der Waals surface area contributed by atoms with Crippen LogP contribution >= 0.6 is 11.8 Å². The first-order valence-electron chi connectivity index (χ1n) is 9.29. The van der Waals surface area contributed by atoms with Gasteiger partial charge in [0.15, 0.2) is 0 Å². The highest BCUT2D eigenvalue weighted by Crippen LogP contribution is 2.37. The van der Waals surface area contributed by atoms with Gasteiger partial charge in [-0.3, -0.25) is 10.1 Å². The zero-order chi connectivity index (χ0) is 22.0. The van der Waals surface area contributed by atoms with Crippen LogP contribution < -0.4 is 0 Å². The Hall–Kier alpha value is -2.80. The third-order valence-electron chi connectivity index (χ3n) is 4.64. The van der Waals surface area contributed by atoms with Crippen LogP contribution in [0.1, 0.15) is 5.56 Å². The Morgan fingerprint density at radius 1 is 1.10 bits per heavy atom. The van der Waals surface area contributed by atoms with Crippen LogP contribution in [-0.4, -0.2) is 54.1 Å². The summed E-state index contributed by atoms with van der Waals surface area (Å²) in [5, 5.41) is 19.7. The van der Waals surface area contributed by atoms with Crippen LogP contribution in [0.5, 0.6) is 0 Å². The second-order valence-corrected chi connectivity index (χ2v) is 9.68. The third-order valence-corrected chi connectivity index (χ3v) is 7.44. The van der Waals surface area contributed by atoms with Crippen LogP contribution in [0, 0.1) is 17.0 Å². The summed E-state index contributed by atoms with van der Waals surface area (Å²) in [6.07, 6.45) is 0. The molecule has 10 nitrogen and oxygen atoms in total. The van der Waals surface area contributed by atoms with Gasteiger partial charge < -0.3 is 9.15 Å². The molecule has 0 amide bonds. The van der Waals surface area contributed by atoms with Gasteiger partial charge in [-0.1, -0.05) is 17.7 Å². The van der Waals surface area contributed by atoms with E-state index in [0.29, 0.717) is 0 Å². The molecule has 1 fully saturated rings. The van der Waals surface area contributed by atoms with Crippen LogP contribution in [0.15, 0.2) is 61.9 Å². The minimum absolute atomic E-state index is 0.113. The fraction of sp³-hybridized carbons (Fsp3) is 0.263. The van der Waals surface area contributed by atoms with E-state index in [1.165, 1.54) is 16.4 Å². The number of benzene rings is 2. The van der Waals surface area contributed by atoms with Gasteiger partial charge >= 0.3 is 0 Å². The van der Waals surface area contributed by atoms with Crippen molar-refractivity contribution < 1.29 is 22.5 Å². The molecule has 2 heterocycles. The van der Waals surface area contributed by atoms with Crippen LogP contribution in [0.3, 0.4) is 0 Å². The molecule has 1 aliphatic rings. The molecule has 0 aliphatic carbocycles. The number of aryl methyl sites for hydroxylation is 1. The molecule has 0 N–H and O–H groups in total. The van der Waals surface area contributed by atoms with Crippen molar-refractivity contribution in [2.24, 2.45) is 0 Å². The number of rotatable bonds is 6. The van der Waals surface area contributed by atoms with E-state index in [1.54, 1.807) is 0 Å². The Balaban J connectivity index is 1.60. The van der Waals surface area contributed by atoms with Gasteiger partial charge in [-0.05, 0) is 43.0 Å². The summed E-state index contributed by atoms with van der Waals surface area (Å²) in [5.41, 5.74) is 1.46. The number of morpholine rings is 1. The standard InChI is InChI=1S/C19H18N4O6S2/c1-13-2-4-14(5-3-13)18-20-21-19(29-18)30-17-7-6-15(12-16(17)23(24)25)31(26,27)22-8-10-28-11-9-22/h2-7,12H,8-11H2,1H3. The lowest BCUT2D eigenvalue weighted by Crippen LogP contribution is -2.40. The van der Waals surface area contributed by atoms with Gasteiger partial charge in [-0.15, -0.1) is 10.2 Å². The zero-order valence-corrected chi connectivity index (χ0v) is 18.1. The quantitative estimate of drug-likeness (QED) is 0.401. The van der Waals surface area contributed by atoms with Crippen molar-refractivity contribution in [2.75, 3.05) is 26.3 Å². The molecule has 1 aliphatic heterocycles. The molecule has 0 bridgehead atoms. The Morgan fingerprint density at radius 2 is 1.81 bits per heavy atom. The van der Waals surface area contributed by atoms with Crippen LogP contribution in [0.4, 0.5) is 5.69 Å². The van der Waals surface area contributed by atoms with Crippen molar-refractivity contribution in [3.63, 3.8) is 0 Å². The number of aromatic nitrogens is 2. The van der Waals surface area contributed by atoms with E-state index >= 15 is 0 Å². The van der Waals surface area contributed by atoms with Crippen molar-refractivity contribution in [1.82, 2.24) is 14.5 Å². The first kappa shape index (κ1) is 21.4. The van der Waals surface area contributed by atoms with Gasteiger partial charge in [0.05, 0.1) is 27.9 Å². The molecule has 0 radical (unpaired) electrons. The van der Waals surface area contributed by atoms with Gasteiger partial charge in [0.1, 0.15) is 0 Å². The minimum Gasteiger partial charge on any atom is -0.411 e. The second-order valence-electron chi connectivity index (χ2n) is 6.74. The zero-order valence-electron chi connectivity index (χ0n) is 16.4. The van der Waals surface area contributed by atoms with Crippen molar-refractivity contribution >= 4 is 27.5 Å². The summed E-state index contributed by atoms with van der Waals surface area (Å²) in [6, 6.07) is 11.3. The molecule has 12 heteroatoms. The molecular formula is C19H18N4O6S2. The van der Waals surface area contributed by atoms with E-state index < -0.39 is 14.9 Å². The molecule has 1 saturated heterocycles. The van der Waals surface area contributed by atoms with E-state index in [4.69, 9.17) is 9.15 Å². The molecule has 1 aromatic heterocycles. The van der Waals surface area contributed by atoms with Gasteiger partial charge in [0.2, 0.25) is 15.9 Å². The summed E-state index contributed by atoms with van der Waals surface area (Å²) in [5.74, 6) is 0.289. The number of ether oxygens (including phenoxy) is 1. The molecule has 0 saturated carbocycles. The predicted molar refractivity (Wildman–Crippen MR) is 111 cm³/mol. The number of nitro benzene ring substituents is 1. The Bertz CT molecular complexity index is 1200.